The zero-order chi connectivity index (χ0) is 19.8. The molecular weight excluding hydrogens is 426 g/mol. The van der Waals surface area contributed by atoms with Crippen molar-refractivity contribution in [1.29, 1.82) is 0 Å². The first kappa shape index (κ1) is 19.1. The predicted octanol–water partition coefficient (Wildman–Crippen LogP) is 3.83. The van der Waals surface area contributed by atoms with Gasteiger partial charge in [-0.1, -0.05) is 15.9 Å². The summed E-state index contributed by atoms with van der Waals surface area (Å²) in [5, 5.41) is 9.02. The third-order valence-electron chi connectivity index (χ3n) is 5.57. The summed E-state index contributed by atoms with van der Waals surface area (Å²) in [6, 6.07) is 5.28. The SMILES string of the molecule is O=C(O)COc1ccc(Br)cc1C1C2=C(CCCC2=O)N=C2CCCC(=O)C21. The Morgan fingerprint density at radius 3 is 2.71 bits per heavy atom. The van der Waals surface area contributed by atoms with Gasteiger partial charge in [0.25, 0.3) is 0 Å². The number of carboxylic acids is 1. The molecule has 28 heavy (non-hydrogen) atoms. The molecule has 0 aromatic heterocycles. The van der Waals surface area contributed by atoms with Crippen molar-refractivity contribution >= 4 is 39.2 Å². The molecule has 1 aromatic carbocycles. The number of Topliss-reactive ketones (excluding diaryl/α,β-unsaturated/α-hetero) is 2. The van der Waals surface area contributed by atoms with Gasteiger partial charge in [0.1, 0.15) is 11.5 Å². The Morgan fingerprint density at radius 2 is 1.93 bits per heavy atom. The van der Waals surface area contributed by atoms with Gasteiger partial charge in [-0.3, -0.25) is 14.6 Å². The van der Waals surface area contributed by atoms with Gasteiger partial charge in [0.05, 0.1) is 5.92 Å². The highest BCUT2D eigenvalue weighted by Gasteiger charge is 2.45. The summed E-state index contributed by atoms with van der Waals surface area (Å²) in [7, 11) is 0. The fourth-order valence-corrected chi connectivity index (χ4v) is 4.85. The average Bonchev–Trinajstić information content (AvgIpc) is 2.66. The summed E-state index contributed by atoms with van der Waals surface area (Å²) in [4.78, 5) is 41.5. The van der Waals surface area contributed by atoms with Crippen LogP contribution in [0.2, 0.25) is 0 Å². The van der Waals surface area contributed by atoms with Gasteiger partial charge >= 0.3 is 5.97 Å². The van der Waals surface area contributed by atoms with Crippen LogP contribution in [-0.2, 0) is 14.4 Å². The average molecular weight is 446 g/mol. The number of allylic oxidation sites excluding steroid dienone is 2. The minimum Gasteiger partial charge on any atom is -0.482 e. The lowest BCUT2D eigenvalue weighted by Crippen LogP contribution is -2.39. The molecule has 3 aliphatic rings. The first-order valence-electron chi connectivity index (χ1n) is 9.46. The molecule has 0 amide bonds. The minimum absolute atomic E-state index is 0.0246. The van der Waals surface area contributed by atoms with Crippen molar-refractivity contribution in [2.45, 2.75) is 44.4 Å². The summed E-state index contributed by atoms with van der Waals surface area (Å²) < 4.78 is 6.31. The van der Waals surface area contributed by atoms with Crippen LogP contribution in [0, 0.1) is 5.92 Å². The summed E-state index contributed by atoms with van der Waals surface area (Å²) >= 11 is 3.46. The summed E-state index contributed by atoms with van der Waals surface area (Å²) in [5.41, 5.74) is 2.91. The molecule has 0 spiro atoms. The molecule has 1 N–H and O–H groups in total. The van der Waals surface area contributed by atoms with Crippen LogP contribution in [0.5, 0.6) is 5.75 Å². The zero-order valence-corrected chi connectivity index (χ0v) is 16.8. The zero-order valence-electron chi connectivity index (χ0n) is 15.2. The van der Waals surface area contributed by atoms with E-state index >= 15 is 0 Å². The Morgan fingerprint density at radius 1 is 1.14 bits per heavy atom. The van der Waals surface area contributed by atoms with Gasteiger partial charge in [0.15, 0.2) is 12.4 Å². The molecule has 2 unspecified atom stereocenters. The minimum atomic E-state index is -1.08. The molecular formula is C21H20BrNO5. The number of ketones is 2. The molecule has 1 saturated carbocycles. The molecule has 1 heterocycles. The Bertz CT molecular complexity index is 933. The van der Waals surface area contributed by atoms with E-state index < -0.39 is 24.4 Å². The van der Waals surface area contributed by atoms with E-state index in [1.54, 1.807) is 12.1 Å². The van der Waals surface area contributed by atoms with Crippen molar-refractivity contribution < 1.29 is 24.2 Å². The third kappa shape index (κ3) is 3.43. The van der Waals surface area contributed by atoms with E-state index in [0.717, 1.165) is 41.6 Å². The third-order valence-corrected chi connectivity index (χ3v) is 6.06. The van der Waals surface area contributed by atoms with Crippen LogP contribution in [0.25, 0.3) is 0 Å². The highest BCUT2D eigenvalue weighted by molar-refractivity contribution is 9.10. The molecule has 4 rings (SSSR count). The van der Waals surface area contributed by atoms with Gasteiger partial charge in [0, 0.05) is 45.8 Å². The van der Waals surface area contributed by atoms with Gasteiger partial charge in [0.2, 0.25) is 0 Å². The fourth-order valence-electron chi connectivity index (χ4n) is 4.47. The number of carbonyl (C=O) groups excluding carboxylic acids is 2. The second-order valence-electron chi connectivity index (χ2n) is 7.38. The van der Waals surface area contributed by atoms with Crippen molar-refractivity contribution in [3.63, 3.8) is 0 Å². The lowest BCUT2D eigenvalue weighted by molar-refractivity contribution is -0.139. The van der Waals surface area contributed by atoms with Crippen LogP contribution in [0.4, 0.5) is 0 Å². The second kappa shape index (κ2) is 7.62. The quantitative estimate of drug-likeness (QED) is 0.759. The number of halogens is 1. The smallest absolute Gasteiger partial charge is 0.341 e. The number of hydrogen-bond acceptors (Lipinski definition) is 5. The van der Waals surface area contributed by atoms with Crippen LogP contribution in [-0.4, -0.2) is 35.0 Å². The molecule has 146 valence electrons. The number of carboxylic acid groups (broad SMARTS) is 1. The number of rotatable bonds is 4. The van der Waals surface area contributed by atoms with Crippen molar-refractivity contribution in [1.82, 2.24) is 0 Å². The van der Waals surface area contributed by atoms with Gasteiger partial charge in [-0.2, -0.15) is 0 Å². The molecule has 0 bridgehead atoms. The van der Waals surface area contributed by atoms with Crippen LogP contribution in [0.3, 0.4) is 0 Å². The van der Waals surface area contributed by atoms with Crippen molar-refractivity contribution in [3.8, 4) is 5.75 Å². The van der Waals surface area contributed by atoms with Crippen LogP contribution in [0.15, 0.2) is 38.9 Å². The molecule has 1 aliphatic heterocycles. The number of nitrogens with zero attached hydrogens (tertiary/aromatic N) is 1. The molecule has 2 atom stereocenters. The number of benzene rings is 1. The summed E-state index contributed by atoms with van der Waals surface area (Å²) in [6.07, 6.45) is 3.92. The van der Waals surface area contributed by atoms with Crippen LogP contribution in [0.1, 0.15) is 50.0 Å². The maximum absolute atomic E-state index is 12.9. The molecule has 1 aromatic rings. The topological polar surface area (TPSA) is 93.0 Å². The number of aliphatic imine (C=N–C) groups is 1. The highest BCUT2D eigenvalue weighted by atomic mass is 79.9. The molecule has 6 nitrogen and oxygen atoms in total. The van der Waals surface area contributed by atoms with Crippen molar-refractivity contribution in [2.75, 3.05) is 6.61 Å². The van der Waals surface area contributed by atoms with E-state index in [1.807, 2.05) is 6.07 Å². The Balaban J connectivity index is 1.88. The van der Waals surface area contributed by atoms with E-state index in [4.69, 9.17) is 14.8 Å². The van der Waals surface area contributed by atoms with E-state index in [0.29, 0.717) is 29.7 Å². The maximum atomic E-state index is 12.9. The van der Waals surface area contributed by atoms with E-state index in [9.17, 15) is 14.4 Å². The number of aliphatic carboxylic acids is 1. The molecule has 0 saturated heterocycles. The first-order valence-corrected chi connectivity index (χ1v) is 10.3. The van der Waals surface area contributed by atoms with Crippen molar-refractivity contribution in [2.24, 2.45) is 10.9 Å². The first-order chi connectivity index (χ1) is 13.5. The van der Waals surface area contributed by atoms with Gasteiger partial charge < -0.3 is 9.84 Å². The normalized spacial score (nSPS) is 24.4. The number of hydrogen-bond donors (Lipinski definition) is 1. The van der Waals surface area contributed by atoms with Crippen molar-refractivity contribution in [3.05, 3.63) is 39.5 Å². The molecule has 7 heteroatoms. The van der Waals surface area contributed by atoms with Gasteiger partial charge in [-0.15, -0.1) is 0 Å². The van der Waals surface area contributed by atoms with Crippen LogP contribution >= 0.6 is 15.9 Å². The van der Waals surface area contributed by atoms with Crippen LogP contribution < -0.4 is 4.74 Å². The highest BCUT2D eigenvalue weighted by Crippen LogP contribution is 2.48. The monoisotopic (exact) mass is 445 g/mol. The standard InChI is InChI=1S/C21H20BrNO5/c22-11-7-8-17(28-10-18(26)27)12(9-11)19-20-13(3-1-5-15(20)24)23-14-4-2-6-16(25)21(14)19/h7-9,19-20H,1-6,10H2,(H,26,27). The Labute approximate surface area is 170 Å². The largest absolute Gasteiger partial charge is 0.482 e. The number of ether oxygens (including phenoxy) is 1. The van der Waals surface area contributed by atoms with Gasteiger partial charge in [-0.25, -0.2) is 4.79 Å². The Kier molecular flexibility index (Phi) is 5.19. The number of carbonyl (C=O) groups is 3. The predicted molar refractivity (Wildman–Crippen MR) is 106 cm³/mol. The Hall–Kier alpha value is -2.28. The molecule has 2 aliphatic carbocycles. The van der Waals surface area contributed by atoms with E-state index in [1.165, 1.54) is 0 Å². The van der Waals surface area contributed by atoms with Gasteiger partial charge in [-0.05, 0) is 43.9 Å². The lowest BCUT2D eigenvalue weighted by Gasteiger charge is -2.38. The fraction of sp³-hybridized carbons (Fsp3) is 0.429. The lowest BCUT2D eigenvalue weighted by atomic mass is 9.67. The summed E-state index contributed by atoms with van der Waals surface area (Å²) in [6.45, 7) is -0.485. The van der Waals surface area contributed by atoms with E-state index in [-0.39, 0.29) is 11.6 Å². The molecule has 0 radical (unpaired) electrons. The van der Waals surface area contributed by atoms with E-state index in [2.05, 4.69) is 15.9 Å². The number of fused-ring (bicyclic) bond motifs is 1. The summed E-state index contributed by atoms with van der Waals surface area (Å²) in [5.74, 6) is -1.52. The maximum Gasteiger partial charge on any atom is 0.341 e. The molecule has 1 fully saturated rings. The second-order valence-corrected chi connectivity index (χ2v) is 8.30.